The van der Waals surface area contributed by atoms with Crippen LogP contribution in [0.5, 0.6) is 0 Å². The van der Waals surface area contributed by atoms with Crippen molar-refractivity contribution in [1.82, 2.24) is 4.90 Å². The van der Waals surface area contributed by atoms with Gasteiger partial charge in [0.2, 0.25) is 0 Å². The lowest BCUT2D eigenvalue weighted by molar-refractivity contribution is 0.597. The van der Waals surface area contributed by atoms with Crippen molar-refractivity contribution in [1.29, 1.82) is 0 Å². The maximum absolute atomic E-state index is 5.09. The van der Waals surface area contributed by atoms with Crippen molar-refractivity contribution in [3.8, 4) is 24.3 Å². The summed E-state index contributed by atoms with van der Waals surface area (Å²) in [7, 11) is 3.70. The molecule has 0 atom stereocenters. The average Bonchev–Trinajstić information content (AvgIpc) is 1.90. The minimum atomic E-state index is 0.619. The number of nitrogens with zero attached hydrogens (tertiary/aromatic N) is 1. The van der Waals surface area contributed by atoms with Gasteiger partial charge in [-0.3, -0.25) is 4.90 Å². The number of terminal acetylenes is 1. The molecule has 0 amide bonds. The van der Waals surface area contributed by atoms with Crippen LogP contribution in [0.4, 0.5) is 0 Å². The predicted molar refractivity (Wildman–Crippen MR) is 43.7 cm³/mol. The van der Waals surface area contributed by atoms with Crippen LogP contribution in [0, 0.1) is 30.2 Å². The van der Waals surface area contributed by atoms with Crippen LogP contribution >= 0.6 is 0 Å². The molecule has 0 fully saturated rings. The molecule has 1 nitrogen and oxygen atoms in total. The summed E-state index contributed by atoms with van der Waals surface area (Å²) in [5, 5.41) is 0. The first kappa shape index (κ1) is 8.53. The van der Waals surface area contributed by atoms with E-state index in [9.17, 15) is 0 Å². The van der Waals surface area contributed by atoms with Gasteiger partial charge in [0, 0.05) is 20.2 Å². The lowest BCUT2D eigenvalue weighted by Gasteiger charge is -1.92. The summed E-state index contributed by atoms with van der Waals surface area (Å²) >= 11 is 0. The molecule has 1 heteroatoms. The van der Waals surface area contributed by atoms with Crippen molar-refractivity contribution in [3.05, 3.63) is 18.6 Å². The van der Waals surface area contributed by atoms with E-state index < -0.39 is 0 Å². The number of allylic oxidation sites excluding steroid dienone is 1. The Morgan fingerprint density at radius 2 is 2.20 bits per heavy atom. The fourth-order valence-electron chi connectivity index (χ4n) is 0.318. The summed E-state index contributed by atoms with van der Waals surface area (Å²) < 4.78 is 0. The van der Waals surface area contributed by atoms with Crippen LogP contribution in [0.25, 0.3) is 0 Å². The summed E-state index contributed by atoms with van der Waals surface area (Å²) in [6.45, 7) is 3.51. The zero-order valence-corrected chi connectivity index (χ0v) is 6.31. The van der Waals surface area contributed by atoms with Crippen molar-refractivity contribution in [2.45, 2.75) is 0 Å². The Labute approximate surface area is 62.7 Å². The number of hydrogen-bond acceptors (Lipinski definition) is 1. The standard InChI is InChI=1S/C9H10N/c1-5-9(6-2)7-8-10(3)4/h1,6H,2H2,3-4H3/q+1. The van der Waals surface area contributed by atoms with Crippen molar-refractivity contribution in [2.24, 2.45) is 0 Å². The van der Waals surface area contributed by atoms with Gasteiger partial charge in [0.15, 0.2) is 5.92 Å². The third kappa shape index (κ3) is 3.52. The summed E-state index contributed by atoms with van der Waals surface area (Å²) in [5.41, 5.74) is 0. The normalized spacial score (nSPS) is 6.50. The first-order valence-corrected chi connectivity index (χ1v) is 2.85. The molecule has 0 heterocycles. The zero-order chi connectivity index (χ0) is 7.98. The van der Waals surface area contributed by atoms with Gasteiger partial charge in [-0.05, 0) is 13.0 Å². The SMILES string of the molecule is C#C[C+](C#CN(C)C)C=C. The van der Waals surface area contributed by atoms with Gasteiger partial charge < -0.3 is 0 Å². The molecule has 0 rings (SSSR count). The molecule has 0 aromatic heterocycles. The van der Waals surface area contributed by atoms with Crippen LogP contribution in [0.1, 0.15) is 0 Å². The highest BCUT2D eigenvalue weighted by atomic mass is 15.0. The van der Waals surface area contributed by atoms with Gasteiger partial charge in [-0.25, -0.2) is 0 Å². The molecule has 0 saturated carbocycles. The van der Waals surface area contributed by atoms with E-state index in [0.29, 0.717) is 5.92 Å². The van der Waals surface area contributed by atoms with Crippen LogP contribution in [0.2, 0.25) is 0 Å². The van der Waals surface area contributed by atoms with E-state index in [4.69, 9.17) is 6.42 Å². The largest absolute Gasteiger partial charge is 0.294 e. The predicted octanol–water partition coefficient (Wildman–Crippen LogP) is 0.903. The molecule has 0 aliphatic carbocycles. The molecule has 50 valence electrons. The van der Waals surface area contributed by atoms with Gasteiger partial charge in [-0.15, -0.1) is 0 Å². The molecule has 0 aliphatic heterocycles. The fraction of sp³-hybridized carbons (Fsp3) is 0.222. The molecule has 0 spiro atoms. The quantitative estimate of drug-likeness (QED) is 0.291. The first-order chi connectivity index (χ1) is 4.70. The van der Waals surface area contributed by atoms with E-state index >= 15 is 0 Å². The van der Waals surface area contributed by atoms with E-state index in [2.05, 4.69) is 24.5 Å². The molecule has 10 heavy (non-hydrogen) atoms. The molecule has 0 aliphatic rings. The molecule has 0 radical (unpaired) electrons. The third-order valence-electron chi connectivity index (χ3n) is 0.774. The molecule has 0 aromatic rings. The minimum absolute atomic E-state index is 0.619. The first-order valence-electron chi connectivity index (χ1n) is 2.85. The van der Waals surface area contributed by atoms with E-state index in [0.717, 1.165) is 0 Å². The van der Waals surface area contributed by atoms with Crippen LogP contribution < -0.4 is 0 Å². The van der Waals surface area contributed by atoms with Crippen molar-refractivity contribution in [2.75, 3.05) is 14.1 Å². The summed E-state index contributed by atoms with van der Waals surface area (Å²) in [4.78, 5) is 1.74. The van der Waals surface area contributed by atoms with Gasteiger partial charge in [0.1, 0.15) is 6.04 Å². The van der Waals surface area contributed by atoms with Gasteiger partial charge in [-0.1, -0.05) is 0 Å². The summed E-state index contributed by atoms with van der Waals surface area (Å²) in [5.74, 6) is 5.78. The molecule has 0 bridgehead atoms. The summed E-state index contributed by atoms with van der Waals surface area (Å²) in [6, 6.07) is 2.78. The molecule has 0 aromatic carbocycles. The number of rotatable bonds is 1. The van der Waals surface area contributed by atoms with E-state index in [-0.39, 0.29) is 0 Å². The lowest BCUT2D eigenvalue weighted by atomic mass is 10.2. The van der Waals surface area contributed by atoms with E-state index in [1.807, 2.05) is 14.1 Å². The van der Waals surface area contributed by atoms with Gasteiger partial charge in [0.25, 0.3) is 0 Å². The molecule has 0 unspecified atom stereocenters. The fourth-order valence-corrected chi connectivity index (χ4v) is 0.318. The highest BCUT2D eigenvalue weighted by Gasteiger charge is 1.97. The second kappa shape index (κ2) is 4.41. The van der Waals surface area contributed by atoms with Crippen LogP contribution in [-0.2, 0) is 0 Å². The number of hydrogen-bond donors (Lipinski definition) is 0. The monoisotopic (exact) mass is 132 g/mol. The molecule has 0 N–H and O–H groups in total. The van der Waals surface area contributed by atoms with Gasteiger partial charge >= 0.3 is 0 Å². The Bertz CT molecular complexity index is 197. The minimum Gasteiger partial charge on any atom is -0.294 e. The highest BCUT2D eigenvalue weighted by molar-refractivity contribution is 5.42. The summed E-state index contributed by atoms with van der Waals surface area (Å²) in [6.07, 6.45) is 6.66. The lowest BCUT2D eigenvalue weighted by Crippen LogP contribution is -2.01. The van der Waals surface area contributed by atoms with Crippen molar-refractivity contribution in [3.63, 3.8) is 0 Å². The maximum Gasteiger partial charge on any atom is 0.167 e. The molecular weight excluding hydrogens is 122 g/mol. The Morgan fingerprint density at radius 3 is 2.50 bits per heavy atom. The maximum atomic E-state index is 5.09. The smallest absolute Gasteiger partial charge is 0.167 e. The second-order valence-corrected chi connectivity index (χ2v) is 1.89. The highest BCUT2D eigenvalue weighted by Crippen LogP contribution is 1.93. The van der Waals surface area contributed by atoms with Crippen LogP contribution in [0.15, 0.2) is 12.7 Å². The molecular formula is C9H10N+. The van der Waals surface area contributed by atoms with E-state index in [1.165, 1.54) is 0 Å². The second-order valence-electron chi connectivity index (χ2n) is 1.89. The van der Waals surface area contributed by atoms with Gasteiger partial charge in [-0.2, -0.15) is 0 Å². The van der Waals surface area contributed by atoms with E-state index in [1.54, 1.807) is 11.0 Å². The zero-order valence-electron chi connectivity index (χ0n) is 6.31. The van der Waals surface area contributed by atoms with Crippen molar-refractivity contribution >= 4 is 0 Å². The Hall–Kier alpha value is -1.47. The topological polar surface area (TPSA) is 3.24 Å². The Morgan fingerprint density at radius 1 is 1.60 bits per heavy atom. The molecule has 0 saturated heterocycles. The Kier molecular flexibility index (Phi) is 3.76. The third-order valence-corrected chi connectivity index (χ3v) is 0.774. The van der Waals surface area contributed by atoms with Crippen LogP contribution in [-0.4, -0.2) is 19.0 Å². The Balaban J connectivity index is 4.03. The average molecular weight is 132 g/mol. The van der Waals surface area contributed by atoms with Gasteiger partial charge in [0.05, 0.1) is 11.8 Å². The van der Waals surface area contributed by atoms with Crippen LogP contribution in [0.3, 0.4) is 0 Å². The van der Waals surface area contributed by atoms with Crippen molar-refractivity contribution < 1.29 is 0 Å².